The molecule has 0 radical (unpaired) electrons. The number of carboxylic acids is 1. The van der Waals surface area contributed by atoms with Crippen molar-refractivity contribution in [1.29, 1.82) is 0 Å². The number of aliphatic carboxylic acids is 1. The zero-order valence-corrected chi connectivity index (χ0v) is 12.0. The van der Waals surface area contributed by atoms with Crippen LogP contribution in [0.15, 0.2) is 18.3 Å². The molecule has 0 saturated heterocycles. The number of carbonyl (C=O) groups is 2. The van der Waals surface area contributed by atoms with Gasteiger partial charge in [0.2, 0.25) is 5.88 Å². The molecule has 1 aliphatic rings. The Balaban J connectivity index is 1.84. The molecule has 1 aliphatic carbocycles. The minimum atomic E-state index is -0.711. The van der Waals surface area contributed by atoms with Gasteiger partial charge in [-0.05, 0) is 43.7 Å². The van der Waals surface area contributed by atoms with Crippen molar-refractivity contribution in [3.05, 3.63) is 23.9 Å². The van der Waals surface area contributed by atoms with Crippen LogP contribution in [0.5, 0.6) is 5.88 Å². The summed E-state index contributed by atoms with van der Waals surface area (Å²) in [5.41, 5.74) is 0.416. The van der Waals surface area contributed by atoms with E-state index in [1.807, 2.05) is 0 Å². The molecule has 1 fully saturated rings. The van der Waals surface area contributed by atoms with E-state index in [1.165, 1.54) is 7.11 Å². The standard InChI is InChI=1S/C15H20N2O4/c1-21-14-12(3-2-8-16-14)13(18)17-9-10-4-6-11(7-5-10)15(19)20/h2-3,8,10-11H,4-7,9H2,1H3,(H,17,18)(H,19,20). The van der Waals surface area contributed by atoms with Gasteiger partial charge in [0.1, 0.15) is 5.56 Å². The lowest BCUT2D eigenvalue weighted by Gasteiger charge is -2.26. The highest BCUT2D eigenvalue weighted by Crippen LogP contribution is 2.28. The Hall–Kier alpha value is -2.11. The first kappa shape index (κ1) is 15.3. The number of rotatable bonds is 5. The molecule has 21 heavy (non-hydrogen) atoms. The molecule has 114 valence electrons. The lowest BCUT2D eigenvalue weighted by molar-refractivity contribution is -0.143. The maximum absolute atomic E-state index is 12.1. The van der Waals surface area contributed by atoms with E-state index in [-0.39, 0.29) is 11.8 Å². The Morgan fingerprint density at radius 1 is 1.38 bits per heavy atom. The van der Waals surface area contributed by atoms with Crippen LogP contribution in [0.3, 0.4) is 0 Å². The van der Waals surface area contributed by atoms with Crippen LogP contribution in [0, 0.1) is 11.8 Å². The highest BCUT2D eigenvalue weighted by molar-refractivity contribution is 5.96. The number of hydrogen-bond acceptors (Lipinski definition) is 4. The van der Waals surface area contributed by atoms with E-state index in [0.29, 0.717) is 36.7 Å². The predicted octanol–water partition coefficient (Wildman–Crippen LogP) is 1.71. The Morgan fingerprint density at radius 3 is 2.71 bits per heavy atom. The molecular formula is C15H20N2O4. The molecule has 1 amide bonds. The van der Waals surface area contributed by atoms with E-state index in [2.05, 4.69) is 10.3 Å². The predicted molar refractivity (Wildman–Crippen MR) is 76.2 cm³/mol. The number of carboxylic acid groups (broad SMARTS) is 1. The van der Waals surface area contributed by atoms with Gasteiger partial charge in [0.05, 0.1) is 13.0 Å². The van der Waals surface area contributed by atoms with Crippen molar-refractivity contribution < 1.29 is 19.4 Å². The highest BCUT2D eigenvalue weighted by Gasteiger charge is 2.26. The monoisotopic (exact) mass is 292 g/mol. The second-order valence-electron chi connectivity index (χ2n) is 5.33. The number of nitrogens with zero attached hydrogens (tertiary/aromatic N) is 1. The third kappa shape index (κ3) is 3.93. The molecule has 0 aliphatic heterocycles. The van der Waals surface area contributed by atoms with Crippen molar-refractivity contribution >= 4 is 11.9 Å². The summed E-state index contributed by atoms with van der Waals surface area (Å²) < 4.78 is 5.06. The van der Waals surface area contributed by atoms with Gasteiger partial charge in [0.15, 0.2) is 0 Å². The zero-order valence-electron chi connectivity index (χ0n) is 12.0. The number of pyridine rings is 1. The number of carbonyl (C=O) groups excluding carboxylic acids is 1. The van der Waals surface area contributed by atoms with E-state index in [4.69, 9.17) is 9.84 Å². The normalized spacial score (nSPS) is 21.6. The second kappa shape index (κ2) is 7.06. The fourth-order valence-corrected chi connectivity index (χ4v) is 2.67. The summed E-state index contributed by atoms with van der Waals surface area (Å²) in [7, 11) is 1.48. The number of methoxy groups -OCH3 is 1. The molecule has 1 saturated carbocycles. The lowest BCUT2D eigenvalue weighted by atomic mass is 9.82. The van der Waals surface area contributed by atoms with Crippen LogP contribution >= 0.6 is 0 Å². The number of aromatic nitrogens is 1. The van der Waals surface area contributed by atoms with Crippen LogP contribution < -0.4 is 10.1 Å². The maximum atomic E-state index is 12.1. The first-order chi connectivity index (χ1) is 10.1. The summed E-state index contributed by atoms with van der Waals surface area (Å²) in [6, 6.07) is 3.36. The first-order valence-corrected chi connectivity index (χ1v) is 7.11. The molecule has 0 bridgehead atoms. The molecule has 0 aromatic carbocycles. The highest BCUT2D eigenvalue weighted by atomic mass is 16.5. The van der Waals surface area contributed by atoms with Crippen LogP contribution in [0.4, 0.5) is 0 Å². The number of ether oxygens (including phenoxy) is 1. The van der Waals surface area contributed by atoms with Crippen LogP contribution in [0.2, 0.25) is 0 Å². The smallest absolute Gasteiger partial charge is 0.306 e. The first-order valence-electron chi connectivity index (χ1n) is 7.11. The van der Waals surface area contributed by atoms with Gasteiger partial charge in [-0.1, -0.05) is 0 Å². The fourth-order valence-electron chi connectivity index (χ4n) is 2.67. The van der Waals surface area contributed by atoms with Crippen molar-refractivity contribution in [2.24, 2.45) is 11.8 Å². The van der Waals surface area contributed by atoms with Crippen molar-refractivity contribution in [1.82, 2.24) is 10.3 Å². The maximum Gasteiger partial charge on any atom is 0.306 e. The summed E-state index contributed by atoms with van der Waals surface area (Å²) in [4.78, 5) is 27.0. The third-order valence-electron chi connectivity index (χ3n) is 3.96. The van der Waals surface area contributed by atoms with Gasteiger partial charge in [0.25, 0.3) is 5.91 Å². The zero-order chi connectivity index (χ0) is 15.2. The van der Waals surface area contributed by atoms with E-state index < -0.39 is 5.97 Å². The molecule has 1 heterocycles. The Labute approximate surface area is 123 Å². The summed E-state index contributed by atoms with van der Waals surface area (Å²) in [6.07, 6.45) is 4.61. The van der Waals surface area contributed by atoms with Crippen molar-refractivity contribution in [3.8, 4) is 5.88 Å². The lowest BCUT2D eigenvalue weighted by Crippen LogP contribution is -2.32. The molecule has 0 atom stereocenters. The average Bonchev–Trinajstić information content (AvgIpc) is 2.52. The largest absolute Gasteiger partial charge is 0.481 e. The quantitative estimate of drug-likeness (QED) is 0.862. The molecule has 0 unspecified atom stereocenters. The number of nitrogens with one attached hydrogen (secondary N) is 1. The minimum absolute atomic E-state index is 0.208. The molecular weight excluding hydrogens is 272 g/mol. The molecule has 2 N–H and O–H groups in total. The van der Waals surface area contributed by atoms with Crippen LogP contribution in [-0.2, 0) is 4.79 Å². The van der Waals surface area contributed by atoms with Gasteiger partial charge < -0.3 is 15.2 Å². The molecule has 2 rings (SSSR count). The topological polar surface area (TPSA) is 88.5 Å². The van der Waals surface area contributed by atoms with Gasteiger partial charge in [-0.3, -0.25) is 9.59 Å². The minimum Gasteiger partial charge on any atom is -0.481 e. The molecule has 1 aromatic heterocycles. The summed E-state index contributed by atoms with van der Waals surface area (Å²) >= 11 is 0. The van der Waals surface area contributed by atoms with Crippen molar-refractivity contribution in [2.45, 2.75) is 25.7 Å². The van der Waals surface area contributed by atoms with Crippen LogP contribution in [0.25, 0.3) is 0 Å². The Morgan fingerprint density at radius 2 is 2.10 bits per heavy atom. The van der Waals surface area contributed by atoms with Gasteiger partial charge >= 0.3 is 5.97 Å². The Kier molecular flexibility index (Phi) is 5.14. The second-order valence-corrected chi connectivity index (χ2v) is 5.33. The third-order valence-corrected chi connectivity index (χ3v) is 3.96. The molecule has 0 spiro atoms. The van der Waals surface area contributed by atoms with Gasteiger partial charge in [-0.15, -0.1) is 0 Å². The molecule has 1 aromatic rings. The summed E-state index contributed by atoms with van der Waals surface area (Å²) in [5.74, 6) is -0.495. The average molecular weight is 292 g/mol. The van der Waals surface area contributed by atoms with Gasteiger partial charge in [-0.25, -0.2) is 4.98 Å². The van der Waals surface area contributed by atoms with E-state index in [9.17, 15) is 9.59 Å². The number of hydrogen-bond donors (Lipinski definition) is 2. The summed E-state index contributed by atoms with van der Waals surface area (Å²) in [5, 5.41) is 11.8. The van der Waals surface area contributed by atoms with E-state index >= 15 is 0 Å². The van der Waals surface area contributed by atoms with Crippen LogP contribution in [0.1, 0.15) is 36.0 Å². The number of amides is 1. The molecule has 6 nitrogen and oxygen atoms in total. The summed E-state index contributed by atoms with van der Waals surface area (Å²) in [6.45, 7) is 0.559. The van der Waals surface area contributed by atoms with Crippen molar-refractivity contribution in [2.75, 3.05) is 13.7 Å². The van der Waals surface area contributed by atoms with Crippen LogP contribution in [-0.4, -0.2) is 35.6 Å². The fraction of sp³-hybridized carbons (Fsp3) is 0.533. The van der Waals surface area contributed by atoms with E-state index in [0.717, 1.165) is 12.8 Å². The van der Waals surface area contributed by atoms with Gasteiger partial charge in [0, 0.05) is 12.7 Å². The Bertz CT molecular complexity index is 510. The SMILES string of the molecule is COc1ncccc1C(=O)NCC1CCC(C(=O)O)CC1. The van der Waals surface area contributed by atoms with Gasteiger partial charge in [-0.2, -0.15) is 0 Å². The van der Waals surface area contributed by atoms with E-state index in [1.54, 1.807) is 18.3 Å². The molecule has 6 heteroatoms. The van der Waals surface area contributed by atoms with Crippen molar-refractivity contribution in [3.63, 3.8) is 0 Å².